The molecule has 2 aromatic rings. The molecule has 1 aromatic heterocycles. The third kappa shape index (κ3) is 2.48. The van der Waals surface area contributed by atoms with Gasteiger partial charge in [-0.15, -0.1) is 0 Å². The van der Waals surface area contributed by atoms with Crippen LogP contribution in [0.5, 0.6) is 0 Å². The SMILES string of the molecule is Clc1cccc(Nc2ccncc2Br)c1Cl. The summed E-state index contributed by atoms with van der Waals surface area (Å²) in [6.07, 6.45) is 3.41. The fourth-order valence-electron chi connectivity index (χ4n) is 1.22. The largest absolute Gasteiger partial charge is 0.353 e. The second-order valence-electron chi connectivity index (χ2n) is 3.08. The van der Waals surface area contributed by atoms with Crippen molar-refractivity contribution in [2.75, 3.05) is 5.32 Å². The smallest absolute Gasteiger partial charge is 0.0827 e. The molecule has 0 radical (unpaired) electrons. The Hall–Kier alpha value is -0.770. The quantitative estimate of drug-likeness (QED) is 0.852. The molecule has 0 unspecified atom stereocenters. The van der Waals surface area contributed by atoms with Crippen molar-refractivity contribution in [2.45, 2.75) is 0 Å². The standard InChI is InChI=1S/C11H7BrCl2N2/c12-7-6-15-5-4-9(7)16-10-3-1-2-8(13)11(10)14/h1-6H,(H,15,16). The van der Waals surface area contributed by atoms with Crippen molar-refractivity contribution in [3.05, 3.63) is 51.2 Å². The van der Waals surface area contributed by atoms with Gasteiger partial charge in [0.25, 0.3) is 0 Å². The zero-order valence-electron chi connectivity index (χ0n) is 8.05. The Morgan fingerprint density at radius 3 is 2.69 bits per heavy atom. The molecule has 5 heteroatoms. The summed E-state index contributed by atoms with van der Waals surface area (Å²) in [5.74, 6) is 0. The number of anilines is 2. The Bertz CT molecular complexity index is 517. The number of pyridine rings is 1. The van der Waals surface area contributed by atoms with Crippen LogP contribution >= 0.6 is 39.1 Å². The van der Waals surface area contributed by atoms with Gasteiger partial charge in [0.1, 0.15) is 0 Å². The topological polar surface area (TPSA) is 24.9 Å². The molecule has 0 aliphatic carbocycles. The Balaban J connectivity index is 2.35. The monoisotopic (exact) mass is 316 g/mol. The molecule has 16 heavy (non-hydrogen) atoms. The Kier molecular flexibility index (Phi) is 3.69. The first-order chi connectivity index (χ1) is 7.68. The van der Waals surface area contributed by atoms with E-state index < -0.39 is 0 Å². The molecule has 1 aromatic carbocycles. The van der Waals surface area contributed by atoms with Gasteiger partial charge >= 0.3 is 0 Å². The summed E-state index contributed by atoms with van der Waals surface area (Å²) in [6.45, 7) is 0. The Morgan fingerprint density at radius 1 is 1.12 bits per heavy atom. The van der Waals surface area contributed by atoms with E-state index in [9.17, 15) is 0 Å². The van der Waals surface area contributed by atoms with Gasteiger partial charge in [-0.2, -0.15) is 0 Å². The fourth-order valence-corrected chi connectivity index (χ4v) is 1.92. The van der Waals surface area contributed by atoms with Crippen molar-refractivity contribution < 1.29 is 0 Å². The third-order valence-corrected chi connectivity index (χ3v) is 3.44. The van der Waals surface area contributed by atoms with Crippen LogP contribution < -0.4 is 5.32 Å². The first-order valence-electron chi connectivity index (χ1n) is 4.49. The van der Waals surface area contributed by atoms with Gasteiger partial charge in [-0.05, 0) is 34.1 Å². The van der Waals surface area contributed by atoms with Crippen molar-refractivity contribution in [3.63, 3.8) is 0 Å². The average Bonchev–Trinajstić information content (AvgIpc) is 2.28. The minimum atomic E-state index is 0.507. The molecule has 1 heterocycles. The molecule has 82 valence electrons. The molecule has 0 bridgehead atoms. The molecule has 0 saturated heterocycles. The van der Waals surface area contributed by atoms with E-state index in [1.54, 1.807) is 18.5 Å². The highest BCUT2D eigenvalue weighted by Crippen LogP contribution is 2.33. The Labute approximate surface area is 112 Å². The number of nitrogens with zero attached hydrogens (tertiary/aromatic N) is 1. The van der Waals surface area contributed by atoms with Crippen molar-refractivity contribution in [3.8, 4) is 0 Å². The highest BCUT2D eigenvalue weighted by Gasteiger charge is 2.05. The lowest BCUT2D eigenvalue weighted by Crippen LogP contribution is -1.92. The van der Waals surface area contributed by atoms with Gasteiger partial charge in [-0.25, -0.2) is 0 Å². The number of nitrogens with one attached hydrogen (secondary N) is 1. The van der Waals surface area contributed by atoms with E-state index in [0.717, 1.165) is 15.8 Å². The Morgan fingerprint density at radius 2 is 1.94 bits per heavy atom. The van der Waals surface area contributed by atoms with Crippen LogP contribution in [0, 0.1) is 0 Å². The summed E-state index contributed by atoms with van der Waals surface area (Å²) in [7, 11) is 0. The van der Waals surface area contributed by atoms with Crippen LogP contribution in [0.15, 0.2) is 41.1 Å². The molecular formula is C11H7BrCl2N2. The van der Waals surface area contributed by atoms with Gasteiger partial charge in [0.2, 0.25) is 0 Å². The number of benzene rings is 1. The number of hydrogen-bond donors (Lipinski definition) is 1. The van der Waals surface area contributed by atoms with Crippen molar-refractivity contribution in [1.29, 1.82) is 0 Å². The average molecular weight is 318 g/mol. The lowest BCUT2D eigenvalue weighted by atomic mass is 10.3. The summed E-state index contributed by atoms with van der Waals surface area (Å²) in [4.78, 5) is 3.98. The number of halogens is 3. The molecule has 0 aliphatic heterocycles. The summed E-state index contributed by atoms with van der Waals surface area (Å²) in [5, 5.41) is 4.21. The van der Waals surface area contributed by atoms with E-state index in [1.165, 1.54) is 0 Å². The van der Waals surface area contributed by atoms with E-state index in [1.807, 2.05) is 18.2 Å². The molecule has 2 nitrogen and oxygen atoms in total. The van der Waals surface area contributed by atoms with Crippen molar-refractivity contribution >= 4 is 50.5 Å². The first kappa shape index (κ1) is 11.7. The predicted molar refractivity (Wildman–Crippen MR) is 71.7 cm³/mol. The fraction of sp³-hybridized carbons (Fsp3) is 0. The maximum absolute atomic E-state index is 6.07. The molecule has 0 amide bonds. The minimum Gasteiger partial charge on any atom is -0.353 e. The van der Waals surface area contributed by atoms with E-state index in [2.05, 4.69) is 26.2 Å². The summed E-state index contributed by atoms with van der Waals surface area (Å²) in [5.41, 5.74) is 1.65. The van der Waals surface area contributed by atoms with Crippen LogP contribution in [0.1, 0.15) is 0 Å². The van der Waals surface area contributed by atoms with Gasteiger partial charge in [0.05, 0.1) is 25.9 Å². The number of aromatic nitrogens is 1. The normalized spacial score (nSPS) is 10.2. The molecule has 2 rings (SSSR count). The van der Waals surface area contributed by atoms with Crippen LogP contribution in [0.2, 0.25) is 10.0 Å². The molecule has 0 fully saturated rings. The lowest BCUT2D eigenvalue weighted by molar-refractivity contribution is 1.30. The van der Waals surface area contributed by atoms with E-state index >= 15 is 0 Å². The highest BCUT2D eigenvalue weighted by molar-refractivity contribution is 9.10. The van der Waals surface area contributed by atoms with Crippen LogP contribution in [-0.4, -0.2) is 4.98 Å². The maximum Gasteiger partial charge on any atom is 0.0827 e. The van der Waals surface area contributed by atoms with E-state index in [4.69, 9.17) is 23.2 Å². The first-order valence-corrected chi connectivity index (χ1v) is 6.04. The van der Waals surface area contributed by atoms with E-state index in [0.29, 0.717) is 10.0 Å². The van der Waals surface area contributed by atoms with Crippen LogP contribution in [0.4, 0.5) is 11.4 Å². The minimum absolute atomic E-state index is 0.507. The maximum atomic E-state index is 6.07. The zero-order valence-corrected chi connectivity index (χ0v) is 11.1. The molecule has 1 N–H and O–H groups in total. The van der Waals surface area contributed by atoms with Gasteiger partial charge in [-0.3, -0.25) is 4.98 Å². The van der Waals surface area contributed by atoms with Gasteiger partial charge in [-0.1, -0.05) is 29.3 Å². The van der Waals surface area contributed by atoms with Gasteiger partial charge < -0.3 is 5.32 Å². The second-order valence-corrected chi connectivity index (χ2v) is 4.72. The summed E-state index contributed by atoms with van der Waals surface area (Å²) >= 11 is 15.4. The van der Waals surface area contributed by atoms with Gasteiger partial charge in [0.15, 0.2) is 0 Å². The third-order valence-electron chi connectivity index (χ3n) is 1.99. The molecule has 0 spiro atoms. The van der Waals surface area contributed by atoms with Gasteiger partial charge in [0, 0.05) is 12.4 Å². The second kappa shape index (κ2) is 5.04. The molecular weight excluding hydrogens is 311 g/mol. The molecule has 0 aliphatic rings. The van der Waals surface area contributed by atoms with Crippen LogP contribution in [0.3, 0.4) is 0 Å². The van der Waals surface area contributed by atoms with Crippen molar-refractivity contribution in [1.82, 2.24) is 4.98 Å². The van der Waals surface area contributed by atoms with Crippen LogP contribution in [-0.2, 0) is 0 Å². The lowest BCUT2D eigenvalue weighted by Gasteiger charge is -2.10. The van der Waals surface area contributed by atoms with Crippen molar-refractivity contribution in [2.24, 2.45) is 0 Å². The summed E-state index contributed by atoms with van der Waals surface area (Å²) in [6, 6.07) is 7.30. The van der Waals surface area contributed by atoms with Crippen LogP contribution in [0.25, 0.3) is 0 Å². The number of hydrogen-bond acceptors (Lipinski definition) is 2. The molecule has 0 saturated carbocycles. The zero-order chi connectivity index (χ0) is 11.5. The predicted octanol–water partition coefficient (Wildman–Crippen LogP) is 4.89. The number of rotatable bonds is 2. The van der Waals surface area contributed by atoms with E-state index in [-0.39, 0.29) is 0 Å². The molecule has 0 atom stereocenters. The summed E-state index contributed by atoms with van der Waals surface area (Å²) < 4.78 is 0.867. The highest BCUT2D eigenvalue weighted by atomic mass is 79.9.